The van der Waals surface area contributed by atoms with Gasteiger partial charge >= 0.3 is 0 Å². The highest BCUT2D eigenvalue weighted by molar-refractivity contribution is 5.14. The van der Waals surface area contributed by atoms with Gasteiger partial charge in [-0.05, 0) is 18.4 Å². The Kier molecular flexibility index (Phi) is 10.7. The first-order valence-electron chi connectivity index (χ1n) is 6.17. The third kappa shape index (κ3) is 7.99. The molecule has 0 atom stereocenters. The lowest BCUT2D eigenvalue weighted by atomic mass is 10.1. The van der Waals surface area contributed by atoms with Crippen LogP contribution in [0.2, 0.25) is 0 Å². The van der Waals surface area contributed by atoms with E-state index in [1.807, 2.05) is 0 Å². The molecule has 0 unspecified atom stereocenters. The zero-order valence-electron chi connectivity index (χ0n) is 10.2. The maximum atomic E-state index is 6.00. The van der Waals surface area contributed by atoms with Gasteiger partial charge in [-0.3, -0.25) is 0 Å². The quantitative estimate of drug-likeness (QED) is 0.495. The normalized spacial score (nSPS) is 9.19. The molecule has 0 spiro atoms. The van der Waals surface area contributed by atoms with Crippen LogP contribution < -0.4 is 0 Å². The molecule has 0 saturated carbocycles. The summed E-state index contributed by atoms with van der Waals surface area (Å²) in [6.07, 6.45) is 9.60. The lowest BCUT2D eigenvalue weighted by Gasteiger charge is -2.01. The number of benzene rings is 1. The fraction of sp³-hybridized carbons (Fsp3) is 0.571. The Morgan fingerprint density at radius 3 is 2.00 bits per heavy atom. The predicted octanol–water partition coefficient (Wildman–Crippen LogP) is 4.62. The van der Waals surface area contributed by atoms with Crippen LogP contribution in [0, 0.1) is 10.8 Å². The van der Waals surface area contributed by atoms with Gasteiger partial charge in [0.15, 0.2) is 0 Å². The molecule has 0 saturated heterocycles. The largest absolute Gasteiger partial charge is 0.0654 e. The molecule has 2 nitrogen and oxygen atoms in total. The van der Waals surface area contributed by atoms with E-state index in [9.17, 15) is 0 Å². The molecular weight excluding hydrogens is 196 g/mol. The van der Waals surface area contributed by atoms with E-state index < -0.39 is 0 Å². The fourth-order valence-electron chi connectivity index (χ4n) is 1.75. The van der Waals surface area contributed by atoms with Gasteiger partial charge in [0.2, 0.25) is 0 Å². The first-order valence-corrected chi connectivity index (χ1v) is 6.17. The summed E-state index contributed by atoms with van der Waals surface area (Å²) in [4.78, 5) is 0. The van der Waals surface area contributed by atoms with E-state index in [1.54, 1.807) is 0 Å². The third-order valence-electron chi connectivity index (χ3n) is 2.66. The van der Waals surface area contributed by atoms with Crippen molar-refractivity contribution in [1.29, 1.82) is 10.8 Å². The summed E-state index contributed by atoms with van der Waals surface area (Å²) < 4.78 is 0. The number of hydrogen-bond acceptors (Lipinski definition) is 2. The van der Waals surface area contributed by atoms with Crippen molar-refractivity contribution < 1.29 is 0 Å². The molecule has 0 radical (unpaired) electrons. The molecule has 0 N–H and O–H groups in total. The highest BCUT2D eigenvalue weighted by atomic mass is 14.6. The monoisotopic (exact) mass is 218 g/mol. The zero-order valence-corrected chi connectivity index (χ0v) is 10.2. The summed E-state index contributed by atoms with van der Waals surface area (Å²) in [5, 5.41) is 12.0. The molecule has 0 fully saturated rings. The highest BCUT2D eigenvalue weighted by Gasteiger charge is 1.92. The Bertz CT molecular complexity index is 254. The first kappa shape index (κ1) is 14.6. The Hall–Kier alpha value is -1.36. The Morgan fingerprint density at radius 1 is 0.812 bits per heavy atom. The van der Waals surface area contributed by atoms with Gasteiger partial charge in [0, 0.05) is 10.8 Å². The van der Waals surface area contributed by atoms with Gasteiger partial charge in [0.25, 0.3) is 0 Å². The van der Waals surface area contributed by atoms with Crippen molar-refractivity contribution in [2.45, 2.75) is 51.9 Å². The molecule has 88 valence electrons. The van der Waals surface area contributed by atoms with Crippen molar-refractivity contribution in [3.8, 4) is 0 Å². The lowest BCUT2D eigenvalue weighted by molar-refractivity contribution is 0.607. The number of nitrogens with zero attached hydrogens (tertiary/aromatic N) is 2. The van der Waals surface area contributed by atoms with E-state index in [-0.39, 0.29) is 0 Å². The summed E-state index contributed by atoms with van der Waals surface area (Å²) in [6, 6.07) is 10.8. The molecule has 2 heteroatoms. The molecule has 0 aliphatic heterocycles. The number of unbranched alkanes of at least 4 members (excludes halogenated alkanes) is 5. The van der Waals surface area contributed by atoms with E-state index in [2.05, 4.69) is 37.3 Å². The number of aryl methyl sites for hydroxylation is 1. The van der Waals surface area contributed by atoms with Gasteiger partial charge in [0.05, 0.1) is 0 Å². The molecule has 0 aliphatic rings. The van der Waals surface area contributed by atoms with Crippen LogP contribution in [0.4, 0.5) is 0 Å². The van der Waals surface area contributed by atoms with E-state index in [1.165, 1.54) is 50.5 Å². The SMILES string of the molecule is CCCCCCCCc1ccccc1.N#N. The Labute approximate surface area is 99.1 Å². The molecule has 0 bridgehead atoms. The molecule has 0 heterocycles. The molecule has 1 rings (SSSR count). The Morgan fingerprint density at radius 2 is 1.38 bits per heavy atom. The number of hydrogen-bond donors (Lipinski definition) is 0. The molecule has 0 aliphatic carbocycles. The second-order valence-electron chi connectivity index (χ2n) is 4.00. The third-order valence-corrected chi connectivity index (χ3v) is 2.66. The summed E-state index contributed by atoms with van der Waals surface area (Å²) in [7, 11) is 0. The van der Waals surface area contributed by atoms with Crippen LogP contribution in [-0.4, -0.2) is 0 Å². The average molecular weight is 218 g/mol. The molecule has 1 aromatic carbocycles. The summed E-state index contributed by atoms with van der Waals surface area (Å²) in [5.41, 5.74) is 1.49. The Balaban J connectivity index is 0.00000106. The fourth-order valence-corrected chi connectivity index (χ4v) is 1.75. The smallest absolute Gasteiger partial charge is 0 e. The molecule has 0 aromatic heterocycles. The maximum Gasteiger partial charge on any atom is 0 e. The van der Waals surface area contributed by atoms with Crippen molar-refractivity contribution in [2.75, 3.05) is 0 Å². The summed E-state index contributed by atoms with van der Waals surface area (Å²) in [5.74, 6) is 0. The van der Waals surface area contributed by atoms with Crippen LogP contribution in [0.3, 0.4) is 0 Å². The minimum absolute atomic E-state index is 1.26. The van der Waals surface area contributed by atoms with Crippen molar-refractivity contribution in [3.63, 3.8) is 0 Å². The minimum Gasteiger partial charge on any atom is -0.0654 e. The number of rotatable bonds is 7. The zero-order chi connectivity index (χ0) is 12.1. The van der Waals surface area contributed by atoms with Crippen molar-refractivity contribution in [3.05, 3.63) is 35.9 Å². The minimum atomic E-state index is 1.26. The van der Waals surface area contributed by atoms with Crippen LogP contribution in [0.1, 0.15) is 51.0 Å². The molecular formula is C14H22N2. The van der Waals surface area contributed by atoms with Crippen LogP contribution in [0.25, 0.3) is 0 Å². The molecule has 16 heavy (non-hydrogen) atoms. The van der Waals surface area contributed by atoms with Crippen LogP contribution in [0.15, 0.2) is 30.3 Å². The molecule has 0 amide bonds. The van der Waals surface area contributed by atoms with Crippen molar-refractivity contribution >= 4 is 0 Å². The second-order valence-corrected chi connectivity index (χ2v) is 4.00. The van der Waals surface area contributed by atoms with Gasteiger partial charge in [-0.2, -0.15) is 0 Å². The van der Waals surface area contributed by atoms with E-state index in [4.69, 9.17) is 10.8 Å². The van der Waals surface area contributed by atoms with E-state index >= 15 is 0 Å². The highest BCUT2D eigenvalue weighted by Crippen LogP contribution is 2.09. The van der Waals surface area contributed by atoms with Crippen LogP contribution in [0.5, 0.6) is 0 Å². The summed E-state index contributed by atoms with van der Waals surface area (Å²) >= 11 is 0. The van der Waals surface area contributed by atoms with Crippen LogP contribution in [-0.2, 0) is 6.42 Å². The van der Waals surface area contributed by atoms with Gasteiger partial charge < -0.3 is 0 Å². The maximum absolute atomic E-state index is 6.00. The topological polar surface area (TPSA) is 47.6 Å². The van der Waals surface area contributed by atoms with Crippen molar-refractivity contribution in [1.82, 2.24) is 0 Å². The van der Waals surface area contributed by atoms with E-state index in [0.29, 0.717) is 0 Å². The van der Waals surface area contributed by atoms with Gasteiger partial charge in [-0.15, -0.1) is 0 Å². The van der Waals surface area contributed by atoms with Crippen molar-refractivity contribution in [2.24, 2.45) is 0 Å². The standard InChI is InChI=1S/C14H22.N2/c1-2-3-4-5-6-8-11-14-12-9-7-10-13-14;1-2/h7,9-10,12-13H,2-6,8,11H2,1H3;. The summed E-state index contributed by atoms with van der Waals surface area (Å²) in [6.45, 7) is 2.27. The molecule has 1 aromatic rings. The predicted molar refractivity (Wildman–Crippen MR) is 67.0 cm³/mol. The van der Waals surface area contributed by atoms with Gasteiger partial charge in [0.1, 0.15) is 0 Å². The average Bonchev–Trinajstić information content (AvgIpc) is 2.37. The van der Waals surface area contributed by atoms with Gasteiger partial charge in [-0.1, -0.05) is 69.4 Å². The van der Waals surface area contributed by atoms with Gasteiger partial charge in [-0.25, -0.2) is 0 Å². The van der Waals surface area contributed by atoms with E-state index in [0.717, 1.165) is 0 Å². The van der Waals surface area contributed by atoms with Crippen LogP contribution >= 0.6 is 0 Å². The second kappa shape index (κ2) is 11.7. The lowest BCUT2D eigenvalue weighted by Crippen LogP contribution is -1.85. The first-order chi connectivity index (χ1) is 7.93.